The van der Waals surface area contributed by atoms with E-state index in [1.165, 1.54) is 0 Å². The minimum atomic E-state index is 0.389. The number of hydrogen-bond acceptors (Lipinski definition) is 4. The lowest BCUT2D eigenvalue weighted by Crippen LogP contribution is -2.04. The SMILES string of the molecule is CCC(C)n1ccc(-c2cnc3cnn(Cc4ccccn4)c3c2)n1. The van der Waals surface area contributed by atoms with Gasteiger partial charge in [0, 0.05) is 30.2 Å². The lowest BCUT2D eigenvalue weighted by atomic mass is 10.2. The maximum Gasteiger partial charge on any atom is 0.108 e. The summed E-state index contributed by atoms with van der Waals surface area (Å²) in [4.78, 5) is 8.92. The van der Waals surface area contributed by atoms with Crippen LogP contribution in [0.15, 0.2) is 55.1 Å². The van der Waals surface area contributed by atoms with E-state index in [9.17, 15) is 0 Å². The third-order valence-corrected chi connectivity index (χ3v) is 4.48. The van der Waals surface area contributed by atoms with Crippen molar-refractivity contribution in [1.29, 1.82) is 0 Å². The normalized spacial score (nSPS) is 12.6. The molecule has 0 spiro atoms. The van der Waals surface area contributed by atoms with Gasteiger partial charge in [0.25, 0.3) is 0 Å². The fourth-order valence-corrected chi connectivity index (χ4v) is 2.79. The van der Waals surface area contributed by atoms with Gasteiger partial charge < -0.3 is 0 Å². The van der Waals surface area contributed by atoms with Gasteiger partial charge in [-0.2, -0.15) is 10.2 Å². The molecule has 0 aromatic carbocycles. The van der Waals surface area contributed by atoms with Crippen LogP contribution in [0.2, 0.25) is 0 Å². The van der Waals surface area contributed by atoms with E-state index in [0.717, 1.165) is 34.4 Å². The molecule has 1 unspecified atom stereocenters. The van der Waals surface area contributed by atoms with Crippen LogP contribution in [0, 0.1) is 0 Å². The summed E-state index contributed by atoms with van der Waals surface area (Å²) in [5.41, 5.74) is 4.76. The van der Waals surface area contributed by atoms with Crippen molar-refractivity contribution in [3.8, 4) is 11.3 Å². The van der Waals surface area contributed by atoms with E-state index in [1.54, 1.807) is 12.4 Å². The van der Waals surface area contributed by atoms with Gasteiger partial charge in [0.1, 0.15) is 5.52 Å². The first-order chi connectivity index (χ1) is 12.2. The zero-order valence-corrected chi connectivity index (χ0v) is 14.4. The molecule has 6 nitrogen and oxygen atoms in total. The van der Waals surface area contributed by atoms with Crippen LogP contribution in [-0.4, -0.2) is 29.5 Å². The maximum absolute atomic E-state index is 4.69. The predicted molar refractivity (Wildman–Crippen MR) is 97.1 cm³/mol. The smallest absolute Gasteiger partial charge is 0.108 e. The van der Waals surface area contributed by atoms with Crippen molar-refractivity contribution in [1.82, 2.24) is 29.5 Å². The number of aromatic nitrogens is 6. The molecule has 0 fully saturated rings. The van der Waals surface area contributed by atoms with Gasteiger partial charge in [-0.1, -0.05) is 13.0 Å². The van der Waals surface area contributed by atoms with Crippen LogP contribution in [0.3, 0.4) is 0 Å². The molecule has 0 aliphatic carbocycles. The molecule has 0 amide bonds. The lowest BCUT2D eigenvalue weighted by molar-refractivity contribution is 0.479. The van der Waals surface area contributed by atoms with Crippen molar-refractivity contribution in [2.45, 2.75) is 32.9 Å². The highest BCUT2D eigenvalue weighted by atomic mass is 15.3. The predicted octanol–water partition coefficient (Wildman–Crippen LogP) is 3.71. The van der Waals surface area contributed by atoms with Crippen molar-refractivity contribution in [2.24, 2.45) is 0 Å². The molecular weight excluding hydrogens is 312 g/mol. The lowest BCUT2D eigenvalue weighted by Gasteiger charge is -2.08. The van der Waals surface area contributed by atoms with Crippen LogP contribution >= 0.6 is 0 Å². The molecular formula is C19H20N6. The van der Waals surface area contributed by atoms with Crippen molar-refractivity contribution >= 4 is 11.0 Å². The van der Waals surface area contributed by atoms with Gasteiger partial charge in [-0.3, -0.25) is 19.3 Å². The van der Waals surface area contributed by atoms with Crippen molar-refractivity contribution in [2.75, 3.05) is 0 Å². The fourth-order valence-electron chi connectivity index (χ4n) is 2.79. The van der Waals surface area contributed by atoms with E-state index in [1.807, 2.05) is 46.0 Å². The van der Waals surface area contributed by atoms with Crippen molar-refractivity contribution in [3.63, 3.8) is 0 Å². The quantitative estimate of drug-likeness (QED) is 0.559. The Balaban J connectivity index is 1.69. The average molecular weight is 332 g/mol. The zero-order chi connectivity index (χ0) is 17.2. The fraction of sp³-hybridized carbons (Fsp3) is 0.263. The third-order valence-electron chi connectivity index (χ3n) is 4.48. The van der Waals surface area contributed by atoms with Gasteiger partial charge in [-0.15, -0.1) is 0 Å². The minimum absolute atomic E-state index is 0.389. The molecule has 4 aromatic rings. The summed E-state index contributed by atoms with van der Waals surface area (Å²) in [7, 11) is 0. The second-order valence-electron chi connectivity index (χ2n) is 6.19. The Morgan fingerprint density at radius 2 is 2.04 bits per heavy atom. The summed E-state index contributed by atoms with van der Waals surface area (Å²) in [5, 5.41) is 9.15. The molecule has 4 aromatic heterocycles. The number of nitrogens with zero attached hydrogens (tertiary/aromatic N) is 6. The van der Waals surface area contributed by atoms with E-state index in [0.29, 0.717) is 12.6 Å². The average Bonchev–Trinajstić information content (AvgIpc) is 3.29. The summed E-state index contributed by atoms with van der Waals surface area (Å²) in [6.07, 6.45) is 8.53. The van der Waals surface area contributed by atoms with E-state index in [-0.39, 0.29) is 0 Å². The molecule has 25 heavy (non-hydrogen) atoms. The molecule has 4 heterocycles. The molecule has 0 radical (unpaired) electrons. The van der Waals surface area contributed by atoms with Crippen LogP contribution < -0.4 is 0 Å². The Kier molecular flexibility index (Phi) is 4.01. The molecule has 0 saturated heterocycles. The minimum Gasteiger partial charge on any atom is -0.269 e. The van der Waals surface area contributed by atoms with Crippen molar-refractivity contribution in [3.05, 3.63) is 60.8 Å². The highest BCUT2D eigenvalue weighted by molar-refractivity contribution is 5.79. The summed E-state index contributed by atoms with van der Waals surface area (Å²) in [5.74, 6) is 0. The molecule has 0 bridgehead atoms. The molecule has 0 saturated carbocycles. The summed E-state index contributed by atoms with van der Waals surface area (Å²) < 4.78 is 3.94. The molecule has 1 atom stereocenters. The van der Waals surface area contributed by atoms with E-state index < -0.39 is 0 Å². The number of fused-ring (bicyclic) bond motifs is 1. The van der Waals surface area contributed by atoms with E-state index in [2.05, 4.69) is 35.0 Å². The number of pyridine rings is 2. The van der Waals surface area contributed by atoms with E-state index in [4.69, 9.17) is 5.10 Å². The molecule has 6 heteroatoms. The Hall–Kier alpha value is -3.02. The van der Waals surface area contributed by atoms with Crippen molar-refractivity contribution < 1.29 is 0 Å². The second-order valence-corrected chi connectivity index (χ2v) is 6.19. The molecule has 0 aliphatic rings. The number of hydrogen-bond donors (Lipinski definition) is 0. The molecule has 4 rings (SSSR count). The van der Waals surface area contributed by atoms with Gasteiger partial charge in [0.05, 0.1) is 29.6 Å². The maximum atomic E-state index is 4.69. The number of rotatable bonds is 5. The summed E-state index contributed by atoms with van der Waals surface area (Å²) in [6.45, 7) is 4.95. The standard InChI is InChI=1S/C19H20N6/c1-3-14(2)24-9-7-17(23-24)15-10-19-18(21-11-15)12-22-25(19)13-16-6-4-5-8-20-16/h4-12,14H,3,13H2,1-2H3. The Morgan fingerprint density at radius 1 is 1.12 bits per heavy atom. The Morgan fingerprint density at radius 3 is 2.84 bits per heavy atom. The third kappa shape index (κ3) is 3.03. The first-order valence-electron chi connectivity index (χ1n) is 8.51. The van der Waals surface area contributed by atoms with Crippen LogP contribution in [0.5, 0.6) is 0 Å². The largest absolute Gasteiger partial charge is 0.269 e. The van der Waals surface area contributed by atoms with Gasteiger partial charge in [-0.25, -0.2) is 0 Å². The van der Waals surface area contributed by atoms with Crippen LogP contribution in [0.25, 0.3) is 22.3 Å². The Bertz CT molecular complexity index is 986. The Labute approximate surface area is 146 Å². The molecule has 0 N–H and O–H groups in total. The summed E-state index contributed by atoms with van der Waals surface area (Å²) in [6, 6.07) is 10.4. The van der Waals surface area contributed by atoms with Crippen LogP contribution in [-0.2, 0) is 6.54 Å². The van der Waals surface area contributed by atoms with Gasteiger partial charge in [0.15, 0.2) is 0 Å². The first-order valence-corrected chi connectivity index (χ1v) is 8.51. The first kappa shape index (κ1) is 15.5. The second kappa shape index (κ2) is 6.47. The van der Waals surface area contributed by atoms with Crippen LogP contribution in [0.1, 0.15) is 32.0 Å². The highest BCUT2D eigenvalue weighted by Gasteiger charge is 2.10. The highest BCUT2D eigenvalue weighted by Crippen LogP contribution is 2.23. The molecule has 0 aliphatic heterocycles. The zero-order valence-electron chi connectivity index (χ0n) is 14.4. The summed E-state index contributed by atoms with van der Waals surface area (Å²) >= 11 is 0. The topological polar surface area (TPSA) is 61.4 Å². The monoisotopic (exact) mass is 332 g/mol. The van der Waals surface area contributed by atoms with Gasteiger partial charge in [-0.05, 0) is 37.6 Å². The van der Waals surface area contributed by atoms with Gasteiger partial charge >= 0.3 is 0 Å². The van der Waals surface area contributed by atoms with E-state index >= 15 is 0 Å². The van der Waals surface area contributed by atoms with Crippen LogP contribution in [0.4, 0.5) is 0 Å². The van der Waals surface area contributed by atoms with Gasteiger partial charge in [0.2, 0.25) is 0 Å². The molecule has 126 valence electrons.